The molecule has 8 heteroatoms. The maximum Gasteiger partial charge on any atom is 0.163 e. The number of phenols is 1. The van der Waals surface area contributed by atoms with Crippen LogP contribution < -0.4 is 5.73 Å². The lowest BCUT2D eigenvalue weighted by Crippen LogP contribution is -2.21. The third kappa shape index (κ3) is 3.14. The van der Waals surface area contributed by atoms with Crippen LogP contribution >= 0.6 is 0 Å². The van der Waals surface area contributed by atoms with Crippen molar-refractivity contribution in [3.63, 3.8) is 0 Å². The van der Waals surface area contributed by atoms with Gasteiger partial charge in [0.15, 0.2) is 5.65 Å². The molecule has 2 aromatic heterocycles. The Morgan fingerprint density at radius 1 is 1.17 bits per heavy atom. The molecule has 6 nitrogen and oxygen atoms in total. The van der Waals surface area contributed by atoms with E-state index in [-0.39, 0.29) is 23.3 Å². The molecule has 0 saturated heterocycles. The van der Waals surface area contributed by atoms with Crippen molar-refractivity contribution >= 4 is 16.9 Å². The molecular weight excluding hydrogens is 388 g/mol. The molecule has 0 amide bonds. The molecule has 2 heterocycles. The fourth-order valence-electron chi connectivity index (χ4n) is 4.31. The second-order valence-electron chi connectivity index (χ2n) is 7.67. The Morgan fingerprint density at radius 2 is 2.03 bits per heavy atom. The lowest BCUT2D eigenvalue weighted by molar-refractivity contribution is 0.376. The number of nitrogens with zero attached hydrogens (tertiary/aromatic N) is 4. The van der Waals surface area contributed by atoms with Crippen LogP contribution in [0.4, 0.5) is 14.6 Å². The predicted molar refractivity (Wildman–Crippen MR) is 109 cm³/mol. The van der Waals surface area contributed by atoms with E-state index >= 15 is 0 Å². The smallest absolute Gasteiger partial charge is 0.163 e. The van der Waals surface area contributed by atoms with Crippen LogP contribution in [0.15, 0.2) is 42.7 Å². The van der Waals surface area contributed by atoms with Crippen molar-refractivity contribution in [2.24, 2.45) is 5.92 Å². The van der Waals surface area contributed by atoms with Gasteiger partial charge >= 0.3 is 0 Å². The molecule has 2 aromatic carbocycles. The number of fused-ring (bicyclic) bond motifs is 2. The summed E-state index contributed by atoms with van der Waals surface area (Å²) in [5, 5.41) is 15.0. The average Bonchev–Trinajstić information content (AvgIpc) is 3.07. The molecule has 4 aromatic rings. The van der Waals surface area contributed by atoms with E-state index < -0.39 is 5.82 Å². The summed E-state index contributed by atoms with van der Waals surface area (Å²) in [5.41, 5.74) is 9.27. The summed E-state index contributed by atoms with van der Waals surface area (Å²) >= 11 is 0. The minimum absolute atomic E-state index is 0.149. The summed E-state index contributed by atoms with van der Waals surface area (Å²) in [4.78, 5) is 8.40. The lowest BCUT2D eigenvalue weighted by Gasteiger charge is -2.24. The Hall–Kier alpha value is -3.55. The normalized spacial score (nSPS) is 16.0. The molecule has 0 saturated carbocycles. The predicted octanol–water partition coefficient (Wildman–Crippen LogP) is 3.86. The molecule has 0 bridgehead atoms. The van der Waals surface area contributed by atoms with Gasteiger partial charge < -0.3 is 10.8 Å². The number of aromatic nitrogens is 4. The van der Waals surface area contributed by atoms with E-state index in [2.05, 4.69) is 15.1 Å². The van der Waals surface area contributed by atoms with Crippen LogP contribution in [-0.2, 0) is 19.4 Å². The summed E-state index contributed by atoms with van der Waals surface area (Å²) in [7, 11) is 0. The zero-order valence-corrected chi connectivity index (χ0v) is 16.0. The fraction of sp³-hybridized carbons (Fsp3) is 0.227. The SMILES string of the molecule is Nc1ncnc2c1c(-c1cc(O)cc(F)c1)nn2CC1CCc2c(F)cccc2C1. The third-order valence-electron chi connectivity index (χ3n) is 5.67. The number of anilines is 1. The summed E-state index contributed by atoms with van der Waals surface area (Å²) in [6.45, 7) is 0.560. The van der Waals surface area contributed by atoms with Gasteiger partial charge in [-0.3, -0.25) is 0 Å². The number of aromatic hydroxyl groups is 1. The van der Waals surface area contributed by atoms with E-state index in [9.17, 15) is 13.9 Å². The number of hydrogen-bond acceptors (Lipinski definition) is 5. The summed E-state index contributed by atoms with van der Waals surface area (Å²) < 4.78 is 29.7. The molecule has 1 aliphatic rings. The van der Waals surface area contributed by atoms with Gasteiger partial charge in [-0.2, -0.15) is 5.10 Å². The molecule has 0 aliphatic heterocycles. The van der Waals surface area contributed by atoms with E-state index in [1.807, 2.05) is 6.07 Å². The number of nitrogen functional groups attached to an aromatic ring is 1. The molecule has 1 aliphatic carbocycles. The van der Waals surface area contributed by atoms with Crippen LogP contribution in [-0.4, -0.2) is 24.9 Å². The van der Waals surface area contributed by atoms with Gasteiger partial charge in [0, 0.05) is 18.2 Å². The van der Waals surface area contributed by atoms with Crippen molar-refractivity contribution in [2.75, 3.05) is 5.73 Å². The third-order valence-corrected chi connectivity index (χ3v) is 5.67. The molecule has 152 valence electrons. The van der Waals surface area contributed by atoms with Gasteiger partial charge in [0.1, 0.15) is 35.2 Å². The van der Waals surface area contributed by atoms with Gasteiger partial charge in [-0.15, -0.1) is 0 Å². The standard InChI is InChI=1S/C22H19F2N5O/c23-15-7-14(8-16(30)9-15)20-19-21(25)26-11-27-22(19)29(28-20)10-12-4-5-17-13(6-12)2-1-3-18(17)24/h1-3,7-9,11-12,30H,4-6,10H2,(H2,25,26,27). The quantitative estimate of drug-likeness (QED) is 0.538. The van der Waals surface area contributed by atoms with Crippen molar-refractivity contribution in [3.8, 4) is 17.0 Å². The first kappa shape index (κ1) is 18.5. The van der Waals surface area contributed by atoms with Crippen LogP contribution in [0.2, 0.25) is 0 Å². The number of benzene rings is 2. The van der Waals surface area contributed by atoms with Crippen LogP contribution in [0, 0.1) is 17.6 Å². The highest BCUT2D eigenvalue weighted by atomic mass is 19.1. The van der Waals surface area contributed by atoms with E-state index in [1.165, 1.54) is 24.5 Å². The topological polar surface area (TPSA) is 89.8 Å². The maximum atomic E-state index is 14.0. The van der Waals surface area contributed by atoms with Crippen molar-refractivity contribution in [3.05, 3.63) is 65.5 Å². The molecule has 0 spiro atoms. The molecule has 5 rings (SSSR count). The van der Waals surface area contributed by atoms with Gasteiger partial charge in [-0.05, 0) is 54.5 Å². The molecule has 1 unspecified atom stereocenters. The van der Waals surface area contributed by atoms with E-state index in [1.54, 1.807) is 10.7 Å². The molecule has 0 fully saturated rings. The number of halogens is 2. The molecular formula is C22H19F2N5O. The minimum Gasteiger partial charge on any atom is -0.508 e. The Balaban J connectivity index is 1.55. The zero-order valence-electron chi connectivity index (χ0n) is 16.0. The molecule has 1 atom stereocenters. The Kier molecular flexibility index (Phi) is 4.34. The Labute approximate surface area is 171 Å². The zero-order chi connectivity index (χ0) is 20.8. The highest BCUT2D eigenvalue weighted by molar-refractivity contribution is 5.98. The van der Waals surface area contributed by atoms with Gasteiger partial charge in [-0.25, -0.2) is 23.4 Å². The molecule has 0 radical (unpaired) electrons. The molecule has 3 N–H and O–H groups in total. The van der Waals surface area contributed by atoms with Crippen LogP contribution in [0.25, 0.3) is 22.3 Å². The summed E-state index contributed by atoms with van der Waals surface area (Å²) in [6.07, 6.45) is 3.61. The number of nitrogens with two attached hydrogens (primary N) is 1. The van der Waals surface area contributed by atoms with Crippen molar-refractivity contribution < 1.29 is 13.9 Å². The van der Waals surface area contributed by atoms with E-state index in [4.69, 9.17) is 5.73 Å². The van der Waals surface area contributed by atoms with Gasteiger partial charge in [0.25, 0.3) is 0 Å². The fourth-order valence-corrected chi connectivity index (χ4v) is 4.31. The minimum atomic E-state index is -0.575. The van der Waals surface area contributed by atoms with Gasteiger partial charge in [0.05, 0.1) is 5.39 Å². The average molecular weight is 407 g/mol. The summed E-state index contributed by atoms with van der Waals surface area (Å²) in [6, 6.07) is 8.95. The number of phenolic OH excluding ortho intramolecular Hbond substituents is 1. The number of hydrogen-bond donors (Lipinski definition) is 2. The van der Waals surface area contributed by atoms with Gasteiger partial charge in [0.2, 0.25) is 0 Å². The Bertz CT molecular complexity index is 1250. The van der Waals surface area contributed by atoms with E-state index in [0.29, 0.717) is 35.3 Å². The van der Waals surface area contributed by atoms with Crippen molar-refractivity contribution in [2.45, 2.75) is 25.8 Å². The van der Waals surface area contributed by atoms with Crippen LogP contribution in [0.1, 0.15) is 17.5 Å². The largest absolute Gasteiger partial charge is 0.508 e. The maximum absolute atomic E-state index is 14.0. The van der Waals surface area contributed by atoms with E-state index in [0.717, 1.165) is 30.0 Å². The second-order valence-corrected chi connectivity index (χ2v) is 7.67. The van der Waals surface area contributed by atoms with Gasteiger partial charge in [-0.1, -0.05) is 12.1 Å². The highest BCUT2D eigenvalue weighted by Gasteiger charge is 2.24. The first-order chi connectivity index (χ1) is 14.5. The molecule has 30 heavy (non-hydrogen) atoms. The summed E-state index contributed by atoms with van der Waals surface area (Å²) in [5.74, 6) is -0.444. The second kappa shape index (κ2) is 7.05. The van der Waals surface area contributed by atoms with Crippen molar-refractivity contribution in [1.82, 2.24) is 19.7 Å². The number of rotatable bonds is 3. The first-order valence-electron chi connectivity index (χ1n) is 9.73. The Morgan fingerprint density at radius 3 is 2.87 bits per heavy atom. The lowest BCUT2D eigenvalue weighted by atomic mass is 9.83. The highest BCUT2D eigenvalue weighted by Crippen LogP contribution is 2.34. The van der Waals surface area contributed by atoms with Crippen LogP contribution in [0.3, 0.4) is 0 Å². The monoisotopic (exact) mass is 407 g/mol. The van der Waals surface area contributed by atoms with Crippen molar-refractivity contribution in [1.29, 1.82) is 0 Å². The first-order valence-corrected chi connectivity index (χ1v) is 9.73. The van der Waals surface area contributed by atoms with Crippen LogP contribution in [0.5, 0.6) is 5.75 Å².